The molecule has 0 atom stereocenters. The minimum atomic E-state index is -0.0190. The average Bonchev–Trinajstić information content (AvgIpc) is 3.62. The molecule has 150 valence electrons. The van der Waals surface area contributed by atoms with Crippen LogP contribution in [0.1, 0.15) is 30.1 Å². The quantitative estimate of drug-likeness (QED) is 0.519. The number of aromatic nitrogens is 3. The molecule has 0 radical (unpaired) electrons. The Hall–Kier alpha value is -3.67. The number of para-hydroxylation sites is 2. The lowest BCUT2D eigenvalue weighted by Crippen LogP contribution is -2.25. The fourth-order valence-corrected chi connectivity index (χ4v) is 3.70. The topological polar surface area (TPSA) is 69.0 Å². The van der Waals surface area contributed by atoms with Crippen LogP contribution in [0.3, 0.4) is 0 Å². The smallest absolute Gasteiger partial charge is 0.261 e. The van der Waals surface area contributed by atoms with Crippen molar-refractivity contribution in [3.05, 3.63) is 88.7 Å². The van der Waals surface area contributed by atoms with E-state index in [4.69, 9.17) is 9.72 Å². The van der Waals surface area contributed by atoms with Crippen molar-refractivity contribution in [2.24, 2.45) is 0 Å². The third-order valence-corrected chi connectivity index (χ3v) is 5.38. The van der Waals surface area contributed by atoms with Gasteiger partial charge in [-0.1, -0.05) is 18.2 Å². The lowest BCUT2D eigenvalue weighted by atomic mass is 10.2. The molecule has 1 saturated carbocycles. The first-order valence-corrected chi connectivity index (χ1v) is 10.1. The van der Waals surface area contributed by atoms with Crippen LogP contribution in [0.4, 0.5) is 11.4 Å². The zero-order valence-electron chi connectivity index (χ0n) is 16.7. The maximum absolute atomic E-state index is 13.5. The molecule has 5 rings (SSSR count). The number of anilines is 2. The fraction of sp³-hybridized carbons (Fsp3) is 0.208. The van der Waals surface area contributed by atoms with E-state index in [0.717, 1.165) is 46.9 Å². The third-order valence-electron chi connectivity index (χ3n) is 5.38. The summed E-state index contributed by atoms with van der Waals surface area (Å²) in [5, 5.41) is 3.95. The van der Waals surface area contributed by atoms with Gasteiger partial charge in [0.05, 0.1) is 30.2 Å². The van der Waals surface area contributed by atoms with Gasteiger partial charge >= 0.3 is 0 Å². The lowest BCUT2D eigenvalue weighted by molar-refractivity contribution is 0.417. The number of fused-ring (bicyclic) bond motifs is 1. The standard InChI is InChI=1S/C24H22N4O2/c1-30-22-7-3-2-6-21(22)26-18-10-11-20-19(13-18)24(29)28(23(27-20)17-8-9-17)15-16-5-4-12-25-14-16/h2-7,10-14,17,26H,8-9,15H2,1H3. The molecule has 4 aromatic rings. The van der Waals surface area contributed by atoms with Crippen molar-refractivity contribution in [2.75, 3.05) is 12.4 Å². The Morgan fingerprint density at radius 2 is 2.00 bits per heavy atom. The molecule has 2 heterocycles. The van der Waals surface area contributed by atoms with Gasteiger partial charge in [0.25, 0.3) is 5.56 Å². The second kappa shape index (κ2) is 7.63. The van der Waals surface area contributed by atoms with Gasteiger partial charge in [-0.05, 0) is 54.8 Å². The lowest BCUT2D eigenvalue weighted by Gasteiger charge is -2.15. The Labute approximate surface area is 174 Å². The Kier molecular flexibility index (Phi) is 4.67. The molecule has 0 aliphatic heterocycles. The van der Waals surface area contributed by atoms with Gasteiger partial charge in [-0.2, -0.15) is 0 Å². The highest BCUT2D eigenvalue weighted by Gasteiger charge is 2.29. The van der Waals surface area contributed by atoms with E-state index in [2.05, 4.69) is 10.3 Å². The van der Waals surface area contributed by atoms with Gasteiger partial charge in [-0.25, -0.2) is 4.98 Å². The van der Waals surface area contributed by atoms with Gasteiger partial charge in [-0.15, -0.1) is 0 Å². The number of ether oxygens (including phenoxy) is 1. The van der Waals surface area contributed by atoms with E-state index in [1.54, 1.807) is 19.5 Å². The van der Waals surface area contributed by atoms with Crippen LogP contribution in [0.5, 0.6) is 5.75 Å². The Balaban J connectivity index is 1.58. The van der Waals surface area contributed by atoms with Crippen molar-refractivity contribution < 1.29 is 4.74 Å². The second-order valence-electron chi connectivity index (χ2n) is 7.55. The van der Waals surface area contributed by atoms with Crippen LogP contribution in [-0.4, -0.2) is 21.6 Å². The van der Waals surface area contributed by atoms with E-state index in [1.165, 1.54) is 0 Å². The molecule has 1 N–H and O–H groups in total. The van der Waals surface area contributed by atoms with Crippen LogP contribution in [0.2, 0.25) is 0 Å². The minimum absolute atomic E-state index is 0.0190. The molecule has 6 nitrogen and oxygen atoms in total. The van der Waals surface area contributed by atoms with E-state index < -0.39 is 0 Å². The largest absolute Gasteiger partial charge is 0.495 e. The first-order valence-electron chi connectivity index (χ1n) is 10.1. The molecule has 0 amide bonds. The highest BCUT2D eigenvalue weighted by molar-refractivity contribution is 5.83. The molecule has 1 aliphatic carbocycles. The monoisotopic (exact) mass is 398 g/mol. The third kappa shape index (κ3) is 3.52. The minimum Gasteiger partial charge on any atom is -0.495 e. The molecule has 6 heteroatoms. The van der Waals surface area contributed by atoms with E-state index in [-0.39, 0.29) is 5.56 Å². The van der Waals surface area contributed by atoms with Crippen LogP contribution >= 0.6 is 0 Å². The normalized spacial score (nSPS) is 13.4. The second-order valence-corrected chi connectivity index (χ2v) is 7.55. The zero-order chi connectivity index (χ0) is 20.5. The van der Waals surface area contributed by atoms with Crippen molar-refractivity contribution in [1.82, 2.24) is 14.5 Å². The van der Waals surface area contributed by atoms with E-state index in [9.17, 15) is 4.79 Å². The summed E-state index contributed by atoms with van der Waals surface area (Å²) in [6.45, 7) is 0.478. The molecule has 1 aliphatic rings. The van der Waals surface area contributed by atoms with Gasteiger partial charge in [-0.3, -0.25) is 14.3 Å². The summed E-state index contributed by atoms with van der Waals surface area (Å²) >= 11 is 0. The first-order chi connectivity index (χ1) is 14.7. The van der Waals surface area contributed by atoms with Crippen LogP contribution in [-0.2, 0) is 6.54 Å². The first kappa shape index (κ1) is 18.4. The van der Waals surface area contributed by atoms with E-state index >= 15 is 0 Å². The van der Waals surface area contributed by atoms with Gasteiger partial charge in [0.1, 0.15) is 11.6 Å². The Morgan fingerprint density at radius 1 is 1.13 bits per heavy atom. The SMILES string of the molecule is COc1ccccc1Nc1ccc2nc(C3CC3)n(Cc3cccnc3)c(=O)c2c1. The average molecular weight is 398 g/mol. The molecular weight excluding hydrogens is 376 g/mol. The van der Waals surface area contributed by atoms with Crippen LogP contribution in [0.15, 0.2) is 71.8 Å². The summed E-state index contributed by atoms with van der Waals surface area (Å²) in [6.07, 6.45) is 5.70. The van der Waals surface area contributed by atoms with Crippen LogP contribution in [0, 0.1) is 0 Å². The molecule has 30 heavy (non-hydrogen) atoms. The van der Waals surface area contributed by atoms with Crippen molar-refractivity contribution in [1.29, 1.82) is 0 Å². The molecule has 2 aromatic heterocycles. The Bertz CT molecular complexity index is 1260. The molecule has 1 fully saturated rings. The van der Waals surface area contributed by atoms with Gasteiger partial charge in [0.15, 0.2) is 0 Å². The number of hydrogen-bond donors (Lipinski definition) is 1. The number of nitrogens with zero attached hydrogens (tertiary/aromatic N) is 3. The van der Waals surface area contributed by atoms with Gasteiger partial charge in [0.2, 0.25) is 0 Å². The highest BCUT2D eigenvalue weighted by Crippen LogP contribution is 2.39. The van der Waals surface area contributed by atoms with Crippen molar-refractivity contribution in [3.8, 4) is 5.75 Å². The predicted octanol–water partition coefficient (Wildman–Crippen LogP) is 4.47. The molecule has 0 unspecified atom stereocenters. The molecule has 0 bridgehead atoms. The van der Waals surface area contributed by atoms with Gasteiger partial charge in [0, 0.05) is 24.0 Å². The van der Waals surface area contributed by atoms with Gasteiger partial charge < -0.3 is 10.1 Å². The summed E-state index contributed by atoms with van der Waals surface area (Å²) in [7, 11) is 1.64. The summed E-state index contributed by atoms with van der Waals surface area (Å²) in [5.41, 5.74) is 3.37. The van der Waals surface area contributed by atoms with Crippen LogP contribution < -0.4 is 15.6 Å². The predicted molar refractivity (Wildman–Crippen MR) is 118 cm³/mol. The maximum atomic E-state index is 13.5. The molecule has 0 saturated heterocycles. The molecular formula is C24H22N4O2. The number of methoxy groups -OCH3 is 1. The number of hydrogen-bond acceptors (Lipinski definition) is 5. The molecule has 0 spiro atoms. The van der Waals surface area contributed by atoms with Crippen molar-refractivity contribution in [2.45, 2.75) is 25.3 Å². The van der Waals surface area contributed by atoms with Crippen molar-refractivity contribution >= 4 is 22.3 Å². The maximum Gasteiger partial charge on any atom is 0.261 e. The number of rotatable bonds is 6. The molecule has 2 aromatic carbocycles. The summed E-state index contributed by atoms with van der Waals surface area (Å²) in [4.78, 5) is 22.5. The number of nitrogens with one attached hydrogen (secondary N) is 1. The number of pyridine rings is 1. The summed E-state index contributed by atoms with van der Waals surface area (Å²) in [5.74, 6) is 1.99. The van der Waals surface area contributed by atoms with E-state index in [1.807, 2.05) is 59.2 Å². The number of benzene rings is 2. The Morgan fingerprint density at radius 3 is 2.77 bits per heavy atom. The fourth-order valence-electron chi connectivity index (χ4n) is 3.70. The van der Waals surface area contributed by atoms with Crippen molar-refractivity contribution in [3.63, 3.8) is 0 Å². The summed E-state index contributed by atoms with van der Waals surface area (Å²) < 4.78 is 7.23. The summed E-state index contributed by atoms with van der Waals surface area (Å²) in [6, 6.07) is 17.3. The zero-order valence-corrected chi connectivity index (χ0v) is 16.7. The highest BCUT2D eigenvalue weighted by atomic mass is 16.5. The van der Waals surface area contributed by atoms with Crippen LogP contribution in [0.25, 0.3) is 10.9 Å². The van der Waals surface area contributed by atoms with E-state index in [0.29, 0.717) is 17.8 Å².